The molecule has 6 rings (SSSR count). The van der Waals surface area contributed by atoms with Gasteiger partial charge in [0.25, 0.3) is 5.56 Å². The third kappa shape index (κ3) is 6.79. The highest BCUT2D eigenvalue weighted by molar-refractivity contribution is 7.07. The van der Waals surface area contributed by atoms with E-state index in [1.165, 1.54) is 11.3 Å². The second-order valence-electron chi connectivity index (χ2n) is 10.7. The van der Waals surface area contributed by atoms with E-state index in [0.717, 1.165) is 16.7 Å². The van der Waals surface area contributed by atoms with E-state index in [1.54, 1.807) is 24.7 Å². The number of ether oxygens (including phenoxy) is 4. The first kappa shape index (κ1) is 32.8. The number of esters is 1. The molecule has 1 atom stereocenters. The molecular formula is C38H33ClN2O6S. The number of aromatic nitrogens is 1. The molecule has 1 aliphatic heterocycles. The maximum atomic E-state index is 14.3. The molecule has 0 saturated heterocycles. The second kappa shape index (κ2) is 14.8. The van der Waals surface area contributed by atoms with Crippen LogP contribution in [0.1, 0.15) is 42.1 Å². The Kier molecular flexibility index (Phi) is 10.1. The van der Waals surface area contributed by atoms with Crippen molar-refractivity contribution in [2.45, 2.75) is 26.5 Å². The molecule has 0 aliphatic carbocycles. The van der Waals surface area contributed by atoms with Crippen LogP contribution in [0.5, 0.6) is 17.2 Å². The summed E-state index contributed by atoms with van der Waals surface area (Å²) in [7, 11) is 1.58. The van der Waals surface area contributed by atoms with E-state index in [0.29, 0.717) is 49.5 Å². The topological polar surface area (TPSA) is 88.4 Å². The van der Waals surface area contributed by atoms with E-state index in [2.05, 4.69) is 0 Å². The summed E-state index contributed by atoms with van der Waals surface area (Å²) in [5.41, 5.74) is 3.45. The molecule has 5 aromatic rings. The van der Waals surface area contributed by atoms with Crippen molar-refractivity contribution < 1.29 is 23.7 Å². The summed E-state index contributed by atoms with van der Waals surface area (Å²) in [6.07, 6.45) is 1.79. The first-order valence-corrected chi connectivity index (χ1v) is 16.7. The molecule has 4 aromatic carbocycles. The van der Waals surface area contributed by atoms with Gasteiger partial charge in [0.1, 0.15) is 12.4 Å². The highest BCUT2D eigenvalue weighted by Crippen LogP contribution is 2.36. The van der Waals surface area contributed by atoms with E-state index in [1.807, 2.05) is 104 Å². The van der Waals surface area contributed by atoms with Gasteiger partial charge in [0.05, 0.1) is 42.2 Å². The molecule has 0 unspecified atom stereocenters. The van der Waals surface area contributed by atoms with Crippen LogP contribution in [0, 0.1) is 0 Å². The van der Waals surface area contributed by atoms with Gasteiger partial charge in [0.2, 0.25) is 0 Å². The van der Waals surface area contributed by atoms with Gasteiger partial charge in [-0.1, -0.05) is 89.7 Å². The van der Waals surface area contributed by atoms with Crippen molar-refractivity contribution in [3.8, 4) is 17.2 Å². The maximum Gasteiger partial charge on any atom is 0.338 e. The van der Waals surface area contributed by atoms with Gasteiger partial charge in [-0.15, -0.1) is 0 Å². The Labute approximate surface area is 286 Å². The average molecular weight is 681 g/mol. The van der Waals surface area contributed by atoms with E-state index in [4.69, 9.17) is 35.5 Å². The molecule has 1 aliphatic rings. The van der Waals surface area contributed by atoms with Gasteiger partial charge < -0.3 is 18.9 Å². The lowest BCUT2D eigenvalue weighted by molar-refractivity contribution is -0.138. The van der Waals surface area contributed by atoms with Crippen LogP contribution in [-0.4, -0.2) is 30.9 Å². The third-order valence-electron chi connectivity index (χ3n) is 7.69. The molecule has 0 N–H and O–H groups in total. The van der Waals surface area contributed by atoms with E-state index >= 15 is 0 Å². The Morgan fingerprint density at radius 2 is 1.71 bits per heavy atom. The Morgan fingerprint density at radius 3 is 2.46 bits per heavy atom. The van der Waals surface area contributed by atoms with Gasteiger partial charge >= 0.3 is 5.97 Å². The first-order valence-electron chi connectivity index (χ1n) is 15.5. The standard InChI is InChI=1S/C38H33ClN2O6S/c1-4-45-31-20-24(18-19-30(31)47-23-27-14-9-10-17-29(27)39)21-32-36(42)41-35(26-15-11-16-28(22-26)44-3)33(37(43)46-5-2)34(40-38(41)48-32)25-12-7-6-8-13-25/h6-22,35H,4-5,23H2,1-3H3/b32-21-/t35-/m1/s1. The van der Waals surface area contributed by atoms with Gasteiger partial charge in [0, 0.05) is 16.1 Å². The number of benzene rings is 4. The molecule has 244 valence electrons. The predicted molar refractivity (Wildman–Crippen MR) is 187 cm³/mol. The monoisotopic (exact) mass is 680 g/mol. The number of halogens is 1. The number of rotatable bonds is 11. The average Bonchev–Trinajstić information content (AvgIpc) is 3.42. The fourth-order valence-corrected chi connectivity index (χ4v) is 6.68. The first-order chi connectivity index (χ1) is 23.4. The minimum atomic E-state index is -0.813. The smallest absolute Gasteiger partial charge is 0.338 e. The summed E-state index contributed by atoms with van der Waals surface area (Å²) in [5, 5.41) is 0.622. The Bertz CT molecular complexity index is 2170. The zero-order chi connectivity index (χ0) is 33.6. The van der Waals surface area contributed by atoms with Crippen molar-refractivity contribution in [1.29, 1.82) is 0 Å². The van der Waals surface area contributed by atoms with Crippen LogP contribution in [0.3, 0.4) is 0 Å². The second-order valence-corrected chi connectivity index (χ2v) is 12.1. The molecule has 0 spiro atoms. The third-order valence-corrected chi connectivity index (χ3v) is 9.04. The summed E-state index contributed by atoms with van der Waals surface area (Å²) in [5.74, 6) is 1.14. The van der Waals surface area contributed by atoms with Crippen LogP contribution in [0.4, 0.5) is 0 Å². The number of carbonyl (C=O) groups excluding carboxylic acids is 1. The molecular weight excluding hydrogens is 648 g/mol. The van der Waals surface area contributed by atoms with Crippen LogP contribution in [0.15, 0.2) is 112 Å². The van der Waals surface area contributed by atoms with Gasteiger partial charge in [0.15, 0.2) is 16.3 Å². The van der Waals surface area contributed by atoms with Crippen LogP contribution < -0.4 is 29.1 Å². The number of carbonyl (C=O) groups is 1. The highest BCUT2D eigenvalue weighted by atomic mass is 35.5. The number of thiazole rings is 1. The summed E-state index contributed by atoms with van der Waals surface area (Å²) in [4.78, 5) is 33.4. The molecule has 1 aromatic heterocycles. The summed E-state index contributed by atoms with van der Waals surface area (Å²) in [6.45, 7) is 4.51. The number of methoxy groups -OCH3 is 1. The largest absolute Gasteiger partial charge is 0.497 e. The lowest BCUT2D eigenvalue weighted by Crippen LogP contribution is -2.40. The fraction of sp³-hybridized carbons (Fsp3) is 0.184. The SMILES string of the molecule is CCOC(=O)C1=C(c2ccccc2)N=c2s/c(=C\c3ccc(OCc4ccccc4Cl)c(OCC)c3)c(=O)n2[C@@H]1c1cccc(OC)c1. The van der Waals surface area contributed by atoms with E-state index < -0.39 is 12.0 Å². The summed E-state index contributed by atoms with van der Waals surface area (Å²) < 4.78 is 25.1. The highest BCUT2D eigenvalue weighted by Gasteiger charge is 2.35. The summed E-state index contributed by atoms with van der Waals surface area (Å²) >= 11 is 7.57. The molecule has 8 nitrogen and oxygen atoms in total. The summed E-state index contributed by atoms with van der Waals surface area (Å²) in [6, 6.07) is 29.0. The Balaban J connectivity index is 1.49. The lowest BCUT2D eigenvalue weighted by atomic mass is 9.93. The van der Waals surface area contributed by atoms with Crippen LogP contribution in [0.2, 0.25) is 5.02 Å². The fourth-order valence-electron chi connectivity index (χ4n) is 5.49. The van der Waals surface area contributed by atoms with Crippen molar-refractivity contribution in [3.05, 3.63) is 150 Å². The Hall–Kier alpha value is -5.12. The zero-order valence-electron chi connectivity index (χ0n) is 26.6. The number of fused-ring (bicyclic) bond motifs is 1. The Morgan fingerprint density at radius 1 is 0.917 bits per heavy atom. The normalized spacial score (nSPS) is 14.2. The minimum Gasteiger partial charge on any atom is -0.497 e. The molecule has 0 saturated carbocycles. The van der Waals surface area contributed by atoms with Crippen LogP contribution in [-0.2, 0) is 16.1 Å². The van der Waals surface area contributed by atoms with E-state index in [-0.39, 0.29) is 24.3 Å². The molecule has 0 fully saturated rings. The van der Waals surface area contributed by atoms with Gasteiger partial charge in [-0.05, 0) is 61.4 Å². The number of hydrogen-bond acceptors (Lipinski definition) is 8. The molecule has 0 radical (unpaired) electrons. The minimum absolute atomic E-state index is 0.167. The van der Waals surface area contributed by atoms with Gasteiger partial charge in [-0.3, -0.25) is 9.36 Å². The quantitative estimate of drug-likeness (QED) is 0.147. The predicted octanol–water partition coefficient (Wildman–Crippen LogP) is 6.58. The molecule has 2 heterocycles. The zero-order valence-corrected chi connectivity index (χ0v) is 28.2. The van der Waals surface area contributed by atoms with Crippen molar-refractivity contribution >= 4 is 40.7 Å². The molecule has 10 heteroatoms. The lowest BCUT2D eigenvalue weighted by Gasteiger charge is -2.26. The molecule has 48 heavy (non-hydrogen) atoms. The number of hydrogen-bond donors (Lipinski definition) is 0. The molecule has 0 amide bonds. The van der Waals surface area contributed by atoms with E-state index in [9.17, 15) is 9.59 Å². The van der Waals surface area contributed by atoms with Crippen molar-refractivity contribution in [2.24, 2.45) is 4.99 Å². The number of nitrogens with zero attached hydrogens (tertiary/aromatic N) is 2. The van der Waals surface area contributed by atoms with Crippen LogP contribution >= 0.6 is 22.9 Å². The molecule has 0 bridgehead atoms. The van der Waals surface area contributed by atoms with Crippen LogP contribution in [0.25, 0.3) is 11.8 Å². The van der Waals surface area contributed by atoms with Crippen molar-refractivity contribution in [1.82, 2.24) is 4.57 Å². The van der Waals surface area contributed by atoms with Crippen molar-refractivity contribution in [3.63, 3.8) is 0 Å². The van der Waals surface area contributed by atoms with Crippen molar-refractivity contribution in [2.75, 3.05) is 20.3 Å². The maximum absolute atomic E-state index is 14.3. The van der Waals surface area contributed by atoms with Gasteiger partial charge in [-0.2, -0.15) is 0 Å². The van der Waals surface area contributed by atoms with Gasteiger partial charge in [-0.25, -0.2) is 9.79 Å².